The molecule has 1 heterocycles. The standard InChI is InChI=1S/C19H34N4O/c1-3-21-19(22-13-17(15-4-5-15)16-6-7-16)23-10-8-14(9-11-23)12-18(24)20-2/h14-17H,3-13H2,1-2H3,(H,20,24)(H,21,22). The molecule has 0 aromatic carbocycles. The van der Waals surface area contributed by atoms with E-state index in [9.17, 15) is 4.79 Å². The highest BCUT2D eigenvalue weighted by molar-refractivity contribution is 5.80. The molecular formula is C19H34N4O. The number of nitrogens with one attached hydrogen (secondary N) is 2. The molecule has 0 bridgehead atoms. The Labute approximate surface area is 146 Å². The smallest absolute Gasteiger partial charge is 0.220 e. The van der Waals surface area contributed by atoms with Gasteiger partial charge >= 0.3 is 0 Å². The van der Waals surface area contributed by atoms with Gasteiger partial charge in [0.2, 0.25) is 5.91 Å². The van der Waals surface area contributed by atoms with Crippen molar-refractivity contribution in [2.24, 2.45) is 28.7 Å². The molecule has 3 rings (SSSR count). The summed E-state index contributed by atoms with van der Waals surface area (Å²) >= 11 is 0. The molecule has 0 radical (unpaired) electrons. The molecule has 1 aliphatic heterocycles. The predicted molar refractivity (Wildman–Crippen MR) is 97.9 cm³/mol. The number of amides is 1. The molecule has 24 heavy (non-hydrogen) atoms. The second kappa shape index (κ2) is 8.21. The van der Waals surface area contributed by atoms with E-state index in [1.807, 2.05) is 0 Å². The average molecular weight is 335 g/mol. The summed E-state index contributed by atoms with van der Waals surface area (Å²) in [6, 6.07) is 0. The van der Waals surface area contributed by atoms with Crippen molar-refractivity contribution in [1.29, 1.82) is 0 Å². The number of likely N-dealkylation sites (tertiary alicyclic amines) is 1. The Morgan fingerprint density at radius 2 is 1.75 bits per heavy atom. The first-order valence-electron chi connectivity index (χ1n) is 9.95. The van der Waals surface area contributed by atoms with E-state index >= 15 is 0 Å². The summed E-state index contributed by atoms with van der Waals surface area (Å²) in [5.41, 5.74) is 0. The fraction of sp³-hybridized carbons (Fsp3) is 0.895. The van der Waals surface area contributed by atoms with Crippen LogP contribution >= 0.6 is 0 Å². The van der Waals surface area contributed by atoms with Gasteiger partial charge in [-0.05, 0) is 69.1 Å². The monoisotopic (exact) mass is 334 g/mol. The molecule has 0 aromatic rings. The van der Waals surface area contributed by atoms with Crippen LogP contribution in [0.1, 0.15) is 51.9 Å². The average Bonchev–Trinajstić information content (AvgIpc) is 3.48. The van der Waals surface area contributed by atoms with E-state index in [2.05, 4.69) is 22.5 Å². The van der Waals surface area contributed by atoms with Crippen LogP contribution in [-0.2, 0) is 4.79 Å². The third-order valence-electron chi connectivity index (χ3n) is 5.91. The van der Waals surface area contributed by atoms with Gasteiger partial charge in [0, 0.05) is 39.6 Å². The maximum Gasteiger partial charge on any atom is 0.220 e. The minimum Gasteiger partial charge on any atom is -0.359 e. The summed E-state index contributed by atoms with van der Waals surface area (Å²) in [5.74, 6) is 4.55. The fourth-order valence-electron chi connectivity index (χ4n) is 4.06. The van der Waals surface area contributed by atoms with Gasteiger partial charge in [-0.15, -0.1) is 0 Å². The number of hydrogen-bond donors (Lipinski definition) is 2. The van der Waals surface area contributed by atoms with Crippen LogP contribution < -0.4 is 10.6 Å². The van der Waals surface area contributed by atoms with Gasteiger partial charge < -0.3 is 15.5 Å². The molecule has 2 saturated carbocycles. The Morgan fingerprint density at radius 3 is 2.25 bits per heavy atom. The molecule has 1 saturated heterocycles. The number of piperidine rings is 1. The lowest BCUT2D eigenvalue weighted by Gasteiger charge is -2.34. The van der Waals surface area contributed by atoms with Crippen LogP contribution in [0.5, 0.6) is 0 Å². The third kappa shape index (κ3) is 4.87. The van der Waals surface area contributed by atoms with Crippen LogP contribution in [0.4, 0.5) is 0 Å². The van der Waals surface area contributed by atoms with Crippen LogP contribution in [0.2, 0.25) is 0 Å². The Morgan fingerprint density at radius 1 is 1.12 bits per heavy atom. The molecular weight excluding hydrogens is 300 g/mol. The van der Waals surface area contributed by atoms with Gasteiger partial charge in [-0.25, -0.2) is 0 Å². The Balaban J connectivity index is 1.51. The molecule has 0 unspecified atom stereocenters. The maximum atomic E-state index is 11.6. The normalized spacial score (nSPS) is 22.8. The van der Waals surface area contributed by atoms with E-state index in [1.54, 1.807) is 7.05 Å². The van der Waals surface area contributed by atoms with Gasteiger partial charge in [-0.3, -0.25) is 9.79 Å². The number of guanidine groups is 1. The number of nitrogens with zero attached hydrogens (tertiary/aromatic N) is 2. The van der Waals surface area contributed by atoms with Crippen molar-refractivity contribution in [2.45, 2.75) is 51.9 Å². The predicted octanol–water partition coefficient (Wildman–Crippen LogP) is 2.24. The van der Waals surface area contributed by atoms with Gasteiger partial charge in [0.15, 0.2) is 5.96 Å². The molecule has 2 aliphatic carbocycles. The molecule has 3 aliphatic rings. The van der Waals surface area contributed by atoms with Crippen molar-refractivity contribution in [1.82, 2.24) is 15.5 Å². The number of aliphatic imine (C=N–C) groups is 1. The van der Waals surface area contributed by atoms with Gasteiger partial charge in [-0.1, -0.05) is 0 Å². The molecule has 1 amide bonds. The molecule has 3 fully saturated rings. The van der Waals surface area contributed by atoms with E-state index in [-0.39, 0.29) is 5.91 Å². The highest BCUT2D eigenvalue weighted by Gasteiger charge is 2.41. The first-order chi connectivity index (χ1) is 11.7. The zero-order valence-electron chi connectivity index (χ0n) is 15.4. The topological polar surface area (TPSA) is 56.7 Å². The van der Waals surface area contributed by atoms with Crippen LogP contribution in [-0.4, -0.2) is 50.0 Å². The number of carbonyl (C=O) groups excluding carboxylic acids is 1. The van der Waals surface area contributed by atoms with E-state index in [4.69, 9.17) is 4.99 Å². The second-order valence-corrected chi connectivity index (χ2v) is 7.84. The maximum absolute atomic E-state index is 11.6. The van der Waals surface area contributed by atoms with Crippen LogP contribution in [0.25, 0.3) is 0 Å². The number of carbonyl (C=O) groups is 1. The van der Waals surface area contributed by atoms with E-state index < -0.39 is 0 Å². The van der Waals surface area contributed by atoms with Crippen LogP contribution in [0.3, 0.4) is 0 Å². The molecule has 2 N–H and O–H groups in total. The summed E-state index contributed by atoms with van der Waals surface area (Å²) in [6.07, 6.45) is 8.56. The van der Waals surface area contributed by atoms with Crippen molar-refractivity contribution in [3.8, 4) is 0 Å². The lowest BCUT2D eigenvalue weighted by atomic mass is 9.93. The summed E-state index contributed by atoms with van der Waals surface area (Å²) in [7, 11) is 1.73. The van der Waals surface area contributed by atoms with E-state index in [0.717, 1.165) is 62.7 Å². The summed E-state index contributed by atoms with van der Waals surface area (Å²) in [5, 5.41) is 6.23. The van der Waals surface area contributed by atoms with Crippen molar-refractivity contribution in [3.63, 3.8) is 0 Å². The van der Waals surface area contributed by atoms with Crippen molar-refractivity contribution in [3.05, 3.63) is 0 Å². The van der Waals surface area contributed by atoms with Crippen molar-refractivity contribution in [2.75, 3.05) is 33.2 Å². The highest BCUT2D eigenvalue weighted by Crippen LogP contribution is 2.49. The quantitative estimate of drug-likeness (QED) is 0.554. The zero-order valence-corrected chi connectivity index (χ0v) is 15.4. The third-order valence-corrected chi connectivity index (χ3v) is 5.91. The van der Waals surface area contributed by atoms with Crippen molar-refractivity contribution < 1.29 is 4.79 Å². The zero-order chi connectivity index (χ0) is 16.9. The minimum atomic E-state index is 0.172. The lowest BCUT2D eigenvalue weighted by molar-refractivity contribution is -0.121. The molecule has 0 atom stereocenters. The first kappa shape index (κ1) is 17.6. The first-order valence-corrected chi connectivity index (χ1v) is 9.95. The molecule has 0 spiro atoms. The summed E-state index contributed by atoms with van der Waals surface area (Å²) in [4.78, 5) is 19.0. The fourth-order valence-corrected chi connectivity index (χ4v) is 4.06. The van der Waals surface area contributed by atoms with Crippen LogP contribution in [0.15, 0.2) is 4.99 Å². The van der Waals surface area contributed by atoms with Gasteiger partial charge in [0.05, 0.1) is 0 Å². The van der Waals surface area contributed by atoms with Gasteiger partial charge in [0.25, 0.3) is 0 Å². The Bertz CT molecular complexity index is 436. The van der Waals surface area contributed by atoms with E-state index in [0.29, 0.717) is 12.3 Å². The summed E-state index contributed by atoms with van der Waals surface area (Å²) in [6.45, 7) is 6.12. The Hall–Kier alpha value is -1.26. The SMILES string of the molecule is CCNC(=NCC(C1CC1)C1CC1)N1CCC(CC(=O)NC)CC1. The second-order valence-electron chi connectivity index (χ2n) is 7.84. The van der Waals surface area contributed by atoms with Crippen molar-refractivity contribution >= 4 is 11.9 Å². The molecule has 0 aromatic heterocycles. The largest absolute Gasteiger partial charge is 0.359 e. The number of hydrogen-bond acceptors (Lipinski definition) is 2. The number of rotatable bonds is 7. The van der Waals surface area contributed by atoms with Gasteiger partial charge in [0.1, 0.15) is 0 Å². The highest BCUT2D eigenvalue weighted by atomic mass is 16.1. The molecule has 5 heteroatoms. The molecule has 136 valence electrons. The Kier molecular flexibility index (Phi) is 6.01. The molecule has 5 nitrogen and oxygen atoms in total. The van der Waals surface area contributed by atoms with Crippen LogP contribution in [0, 0.1) is 23.7 Å². The van der Waals surface area contributed by atoms with Gasteiger partial charge in [-0.2, -0.15) is 0 Å². The minimum absolute atomic E-state index is 0.172. The van der Waals surface area contributed by atoms with E-state index in [1.165, 1.54) is 25.7 Å². The lowest BCUT2D eigenvalue weighted by Crippen LogP contribution is -2.46. The summed E-state index contributed by atoms with van der Waals surface area (Å²) < 4.78 is 0.